The fraction of sp³-hybridized carbons (Fsp3) is 0.364. The number of carbonyl (C=O) groups is 1. The molecule has 1 amide bonds. The number of hydrogen-bond donors (Lipinski definition) is 1. The molecule has 0 bridgehead atoms. The summed E-state index contributed by atoms with van der Waals surface area (Å²) in [6, 6.07) is 7.37. The Labute approximate surface area is 187 Å². The first kappa shape index (κ1) is 20.5. The Morgan fingerprint density at radius 2 is 2.16 bits per heavy atom. The van der Waals surface area contributed by atoms with Crippen LogP contribution >= 0.6 is 11.3 Å². The zero-order chi connectivity index (χ0) is 22.4. The third kappa shape index (κ3) is 3.31. The molecule has 4 aromatic rings. The highest BCUT2D eigenvalue weighted by molar-refractivity contribution is 7.18. The summed E-state index contributed by atoms with van der Waals surface area (Å²) in [4.78, 5) is 27.3. The van der Waals surface area contributed by atoms with Gasteiger partial charge in [0, 0.05) is 16.8 Å². The molecule has 9 nitrogen and oxygen atoms in total. The Balaban J connectivity index is 1.45. The quantitative estimate of drug-likeness (QED) is 0.473. The van der Waals surface area contributed by atoms with Gasteiger partial charge in [0.15, 0.2) is 10.5 Å². The van der Waals surface area contributed by atoms with Gasteiger partial charge in [-0.2, -0.15) is 0 Å². The second-order valence-corrected chi connectivity index (χ2v) is 9.20. The number of fused-ring (bicyclic) bond motifs is 4. The summed E-state index contributed by atoms with van der Waals surface area (Å²) >= 11 is 1.52. The van der Waals surface area contributed by atoms with E-state index in [1.165, 1.54) is 16.2 Å². The van der Waals surface area contributed by atoms with Crippen molar-refractivity contribution in [2.24, 2.45) is 16.1 Å². The molecular weight excluding hydrogens is 428 g/mol. The van der Waals surface area contributed by atoms with Crippen molar-refractivity contribution in [3.63, 3.8) is 0 Å². The number of para-hydroxylation sites is 1. The third-order valence-electron chi connectivity index (χ3n) is 5.97. The topological polar surface area (TPSA) is 115 Å². The second kappa shape index (κ2) is 7.94. The number of aromatic nitrogens is 4. The molecule has 1 aliphatic carbocycles. The number of thiophene rings is 1. The first-order chi connectivity index (χ1) is 15.5. The van der Waals surface area contributed by atoms with Gasteiger partial charge in [0.25, 0.3) is 11.5 Å². The summed E-state index contributed by atoms with van der Waals surface area (Å²) in [5.41, 5.74) is 1.75. The van der Waals surface area contributed by atoms with E-state index in [-0.39, 0.29) is 23.7 Å². The van der Waals surface area contributed by atoms with Gasteiger partial charge in [-0.1, -0.05) is 30.3 Å². The van der Waals surface area contributed by atoms with E-state index in [1.54, 1.807) is 4.57 Å². The van der Waals surface area contributed by atoms with E-state index >= 15 is 0 Å². The minimum Gasteiger partial charge on any atom is -0.493 e. The minimum absolute atomic E-state index is 0.0530. The number of amides is 1. The second-order valence-electron chi connectivity index (χ2n) is 8.11. The molecule has 0 radical (unpaired) electrons. The van der Waals surface area contributed by atoms with Gasteiger partial charge in [-0.15, -0.1) is 26.7 Å². The molecule has 1 aliphatic rings. The number of aromatic hydroxyl groups is 1. The van der Waals surface area contributed by atoms with Crippen LogP contribution in [-0.2, 0) is 30.7 Å². The lowest BCUT2D eigenvalue weighted by molar-refractivity contribution is -0.119. The molecule has 0 spiro atoms. The first-order valence-electron chi connectivity index (χ1n) is 10.6. The van der Waals surface area contributed by atoms with Crippen LogP contribution in [0.5, 0.6) is 5.88 Å². The van der Waals surface area contributed by atoms with E-state index in [4.69, 9.17) is 0 Å². The summed E-state index contributed by atoms with van der Waals surface area (Å²) in [6.07, 6.45) is 2.81. The molecule has 3 heterocycles. The third-order valence-corrected chi connectivity index (χ3v) is 7.10. The number of rotatable bonds is 4. The summed E-state index contributed by atoms with van der Waals surface area (Å²) in [7, 11) is 0. The highest BCUT2D eigenvalue weighted by Gasteiger charge is 2.24. The van der Waals surface area contributed by atoms with Gasteiger partial charge in [-0.25, -0.2) is 4.68 Å². The molecule has 5 rings (SSSR count). The van der Waals surface area contributed by atoms with Crippen molar-refractivity contribution in [3.8, 4) is 5.88 Å². The smallest absolute Gasteiger partial charge is 0.286 e. The predicted octanol–water partition coefficient (Wildman–Crippen LogP) is 3.97. The van der Waals surface area contributed by atoms with Crippen molar-refractivity contribution in [2.45, 2.75) is 46.2 Å². The SMILES string of the molecule is CCn1c(O)c(N=NC(=O)Cn2nnc3sc4c(c3c2=O)CCC(C)C4)c2ccccc21. The summed E-state index contributed by atoms with van der Waals surface area (Å²) in [6.45, 7) is 4.30. The predicted molar refractivity (Wildman–Crippen MR) is 122 cm³/mol. The molecule has 10 heteroatoms. The lowest BCUT2D eigenvalue weighted by Crippen LogP contribution is -2.27. The van der Waals surface area contributed by atoms with Crippen molar-refractivity contribution in [1.82, 2.24) is 19.6 Å². The monoisotopic (exact) mass is 450 g/mol. The van der Waals surface area contributed by atoms with E-state index in [0.29, 0.717) is 28.1 Å². The van der Waals surface area contributed by atoms with Crippen LogP contribution in [0.1, 0.15) is 30.7 Å². The van der Waals surface area contributed by atoms with Gasteiger partial charge in [0.1, 0.15) is 6.54 Å². The molecule has 1 aromatic carbocycles. The number of benzene rings is 1. The van der Waals surface area contributed by atoms with Gasteiger partial charge in [-0.3, -0.25) is 9.59 Å². The average Bonchev–Trinajstić information content (AvgIpc) is 3.28. The van der Waals surface area contributed by atoms with E-state index in [9.17, 15) is 14.7 Å². The van der Waals surface area contributed by atoms with Gasteiger partial charge in [-0.05, 0) is 43.7 Å². The van der Waals surface area contributed by atoms with Gasteiger partial charge < -0.3 is 9.67 Å². The number of hydrogen-bond acceptors (Lipinski definition) is 7. The van der Waals surface area contributed by atoms with Crippen LogP contribution in [0, 0.1) is 5.92 Å². The molecule has 0 aliphatic heterocycles. The number of azo groups is 1. The molecule has 164 valence electrons. The summed E-state index contributed by atoms with van der Waals surface area (Å²) in [5, 5.41) is 27.6. The Kier molecular flexibility index (Phi) is 5.09. The van der Waals surface area contributed by atoms with Gasteiger partial charge in [0.2, 0.25) is 5.88 Å². The number of nitrogens with zero attached hydrogens (tertiary/aromatic N) is 6. The lowest BCUT2D eigenvalue weighted by Gasteiger charge is -2.17. The normalized spacial score (nSPS) is 16.2. The van der Waals surface area contributed by atoms with Crippen molar-refractivity contribution >= 4 is 44.1 Å². The molecule has 3 aromatic heterocycles. The van der Waals surface area contributed by atoms with Crippen molar-refractivity contribution in [2.75, 3.05) is 0 Å². The molecule has 32 heavy (non-hydrogen) atoms. The Morgan fingerprint density at radius 1 is 1.34 bits per heavy atom. The highest BCUT2D eigenvalue weighted by atomic mass is 32.1. The number of carbonyl (C=O) groups excluding carboxylic acids is 1. The zero-order valence-corrected chi connectivity index (χ0v) is 18.6. The lowest BCUT2D eigenvalue weighted by atomic mass is 9.89. The average molecular weight is 451 g/mol. The minimum atomic E-state index is -0.647. The van der Waals surface area contributed by atoms with Crippen LogP contribution in [-0.4, -0.2) is 30.6 Å². The zero-order valence-electron chi connectivity index (χ0n) is 17.8. The molecule has 1 unspecified atom stereocenters. The van der Waals surface area contributed by atoms with Gasteiger partial charge >= 0.3 is 0 Å². The molecule has 1 N–H and O–H groups in total. The maximum absolute atomic E-state index is 13.0. The molecule has 0 saturated heterocycles. The fourth-order valence-corrected chi connectivity index (χ4v) is 5.67. The fourth-order valence-electron chi connectivity index (χ4n) is 4.35. The highest BCUT2D eigenvalue weighted by Crippen LogP contribution is 2.38. The van der Waals surface area contributed by atoms with E-state index < -0.39 is 5.91 Å². The Bertz CT molecular complexity index is 1450. The molecule has 0 fully saturated rings. The maximum atomic E-state index is 13.0. The van der Waals surface area contributed by atoms with Gasteiger partial charge in [0.05, 0.1) is 10.9 Å². The Morgan fingerprint density at radius 3 is 2.97 bits per heavy atom. The Hall–Kier alpha value is -3.40. The van der Waals surface area contributed by atoms with Crippen LogP contribution in [0.25, 0.3) is 21.1 Å². The summed E-state index contributed by atoms with van der Waals surface area (Å²) < 4.78 is 2.74. The van der Waals surface area contributed by atoms with Crippen LogP contribution in [0.2, 0.25) is 0 Å². The van der Waals surface area contributed by atoms with Crippen molar-refractivity contribution in [3.05, 3.63) is 45.1 Å². The molecule has 0 saturated carbocycles. The molecule has 1 atom stereocenters. The van der Waals surface area contributed by atoms with E-state index in [1.807, 2.05) is 31.2 Å². The standard InChI is InChI=1S/C22H22N6O3S/c1-3-27-15-7-5-4-6-13(15)19(22(27)31)24-23-17(29)11-28-21(30)18-14-9-8-12(2)10-16(14)32-20(18)25-26-28/h4-7,12,31H,3,8-11H2,1-2H3. The first-order valence-corrected chi connectivity index (χ1v) is 11.4. The van der Waals surface area contributed by atoms with Crippen LogP contribution in [0.15, 0.2) is 39.3 Å². The maximum Gasteiger partial charge on any atom is 0.286 e. The van der Waals surface area contributed by atoms with E-state index in [0.717, 1.165) is 35.0 Å². The number of aryl methyl sites for hydroxylation is 2. The van der Waals surface area contributed by atoms with Crippen LogP contribution in [0.3, 0.4) is 0 Å². The molecular formula is C22H22N6O3S. The van der Waals surface area contributed by atoms with Crippen molar-refractivity contribution < 1.29 is 9.90 Å². The van der Waals surface area contributed by atoms with Crippen molar-refractivity contribution in [1.29, 1.82) is 0 Å². The van der Waals surface area contributed by atoms with Crippen LogP contribution < -0.4 is 5.56 Å². The van der Waals surface area contributed by atoms with Crippen LogP contribution in [0.4, 0.5) is 5.69 Å². The van der Waals surface area contributed by atoms with E-state index in [2.05, 4.69) is 27.5 Å². The largest absolute Gasteiger partial charge is 0.493 e. The summed E-state index contributed by atoms with van der Waals surface area (Å²) in [5.74, 6) is -0.114.